The van der Waals surface area contributed by atoms with Crippen LogP contribution in [0.4, 0.5) is 5.69 Å². The van der Waals surface area contributed by atoms with Crippen LogP contribution in [-0.2, 0) is 13.1 Å². The van der Waals surface area contributed by atoms with Crippen LogP contribution in [0, 0.1) is 0 Å². The van der Waals surface area contributed by atoms with E-state index in [2.05, 4.69) is 51.5 Å². The van der Waals surface area contributed by atoms with E-state index in [4.69, 9.17) is 5.73 Å². The first-order valence-corrected chi connectivity index (χ1v) is 7.07. The molecule has 2 aromatic rings. The zero-order valence-electron chi connectivity index (χ0n) is 9.69. The van der Waals surface area contributed by atoms with Crippen LogP contribution in [0.2, 0.25) is 0 Å². The smallest absolute Gasteiger partial charge is 0.0339 e. The van der Waals surface area contributed by atoms with Crippen LogP contribution in [0.5, 0.6) is 0 Å². The van der Waals surface area contributed by atoms with Crippen molar-refractivity contribution in [1.82, 2.24) is 4.90 Å². The quantitative estimate of drug-likeness (QED) is 0.872. The Balaban J connectivity index is 1.95. The number of benzene rings is 1. The van der Waals surface area contributed by atoms with Crippen LogP contribution >= 0.6 is 27.3 Å². The van der Waals surface area contributed by atoms with Gasteiger partial charge in [-0.25, -0.2) is 0 Å². The average molecular weight is 311 g/mol. The normalized spacial score (nSPS) is 11.0. The Morgan fingerprint density at radius 1 is 1.18 bits per heavy atom. The van der Waals surface area contributed by atoms with E-state index in [1.807, 2.05) is 12.1 Å². The molecule has 2 nitrogen and oxygen atoms in total. The Morgan fingerprint density at radius 3 is 2.47 bits per heavy atom. The van der Waals surface area contributed by atoms with Crippen molar-refractivity contribution in [1.29, 1.82) is 0 Å². The fraction of sp³-hybridized carbons (Fsp3) is 0.231. The molecule has 0 saturated heterocycles. The van der Waals surface area contributed by atoms with Crippen molar-refractivity contribution in [2.75, 3.05) is 12.8 Å². The summed E-state index contributed by atoms with van der Waals surface area (Å²) in [5.74, 6) is 0. The molecule has 0 aliphatic rings. The van der Waals surface area contributed by atoms with Gasteiger partial charge in [0.05, 0.1) is 0 Å². The first-order chi connectivity index (χ1) is 8.15. The molecule has 1 aromatic heterocycles. The Morgan fingerprint density at radius 2 is 1.88 bits per heavy atom. The molecule has 17 heavy (non-hydrogen) atoms. The molecule has 0 aliphatic carbocycles. The minimum atomic E-state index is 0.817. The second-order valence-corrected chi connectivity index (χ2v) is 5.96. The predicted molar refractivity (Wildman–Crippen MR) is 78.0 cm³/mol. The predicted octanol–water partition coefficient (Wildman–Crippen LogP) is 3.72. The minimum absolute atomic E-state index is 0.817. The topological polar surface area (TPSA) is 29.3 Å². The molecule has 0 atom stereocenters. The second-order valence-electron chi connectivity index (χ2n) is 4.11. The fourth-order valence-corrected chi connectivity index (χ4v) is 3.23. The van der Waals surface area contributed by atoms with Crippen LogP contribution in [0.15, 0.2) is 40.2 Å². The lowest BCUT2D eigenvalue weighted by Gasteiger charge is -2.16. The lowest BCUT2D eigenvalue weighted by molar-refractivity contribution is 0.321. The molecule has 0 aliphatic heterocycles. The molecular formula is C13H15BrN2S. The van der Waals surface area contributed by atoms with E-state index < -0.39 is 0 Å². The highest BCUT2D eigenvalue weighted by Crippen LogP contribution is 2.24. The van der Waals surface area contributed by atoms with Gasteiger partial charge in [-0.05, 0) is 52.1 Å². The molecule has 2 rings (SSSR count). The molecular weight excluding hydrogens is 296 g/mol. The number of nitrogens with zero attached hydrogens (tertiary/aromatic N) is 1. The van der Waals surface area contributed by atoms with Crippen molar-refractivity contribution in [2.24, 2.45) is 0 Å². The maximum absolute atomic E-state index is 5.67. The van der Waals surface area contributed by atoms with Crippen LogP contribution in [0.1, 0.15) is 10.4 Å². The second kappa shape index (κ2) is 5.67. The largest absolute Gasteiger partial charge is 0.399 e. The van der Waals surface area contributed by atoms with E-state index in [0.29, 0.717) is 0 Å². The van der Waals surface area contributed by atoms with Gasteiger partial charge in [-0.15, -0.1) is 11.3 Å². The third-order valence-electron chi connectivity index (χ3n) is 2.54. The number of nitrogens with two attached hydrogens (primary N) is 1. The molecule has 0 unspecified atom stereocenters. The molecule has 0 spiro atoms. The van der Waals surface area contributed by atoms with E-state index in [1.165, 1.54) is 14.9 Å². The van der Waals surface area contributed by atoms with Gasteiger partial charge < -0.3 is 5.73 Å². The van der Waals surface area contributed by atoms with Crippen LogP contribution < -0.4 is 5.73 Å². The number of halogens is 1. The Labute approximate surface area is 114 Å². The standard InChI is InChI=1S/C13H15BrN2S/c1-16(9-13-12(14)6-7-17-13)8-10-2-4-11(15)5-3-10/h2-7H,8-9,15H2,1H3. The summed E-state index contributed by atoms with van der Waals surface area (Å²) in [6.45, 7) is 1.90. The molecule has 0 fully saturated rings. The summed E-state index contributed by atoms with van der Waals surface area (Å²) in [5.41, 5.74) is 7.77. The van der Waals surface area contributed by atoms with E-state index in [0.717, 1.165) is 18.8 Å². The van der Waals surface area contributed by atoms with Crippen molar-refractivity contribution in [3.05, 3.63) is 50.6 Å². The third kappa shape index (κ3) is 3.56. The number of hydrogen-bond donors (Lipinski definition) is 1. The van der Waals surface area contributed by atoms with Crippen molar-refractivity contribution in [3.63, 3.8) is 0 Å². The molecule has 90 valence electrons. The summed E-state index contributed by atoms with van der Waals surface area (Å²) in [5, 5.41) is 2.11. The lowest BCUT2D eigenvalue weighted by atomic mass is 10.2. The van der Waals surface area contributed by atoms with Crippen molar-refractivity contribution < 1.29 is 0 Å². The van der Waals surface area contributed by atoms with Crippen LogP contribution in [0.3, 0.4) is 0 Å². The van der Waals surface area contributed by atoms with Gasteiger partial charge in [0.2, 0.25) is 0 Å². The summed E-state index contributed by atoms with van der Waals surface area (Å²) >= 11 is 5.34. The molecule has 0 saturated carbocycles. The van der Waals surface area contributed by atoms with Gasteiger partial charge >= 0.3 is 0 Å². The molecule has 4 heteroatoms. The first kappa shape index (κ1) is 12.6. The van der Waals surface area contributed by atoms with Crippen LogP contribution in [0.25, 0.3) is 0 Å². The number of rotatable bonds is 4. The summed E-state index contributed by atoms with van der Waals surface area (Å²) in [6.07, 6.45) is 0. The molecule has 0 bridgehead atoms. The highest BCUT2D eigenvalue weighted by molar-refractivity contribution is 9.10. The molecule has 1 heterocycles. The van der Waals surface area contributed by atoms with E-state index in [9.17, 15) is 0 Å². The summed E-state index contributed by atoms with van der Waals surface area (Å²) in [6, 6.07) is 10.1. The maximum atomic E-state index is 5.67. The van der Waals surface area contributed by atoms with Gasteiger partial charge in [-0.3, -0.25) is 4.90 Å². The van der Waals surface area contributed by atoms with Crippen molar-refractivity contribution >= 4 is 33.0 Å². The average Bonchev–Trinajstić information content (AvgIpc) is 2.68. The van der Waals surface area contributed by atoms with Gasteiger partial charge in [0, 0.05) is 28.1 Å². The summed E-state index contributed by atoms with van der Waals surface area (Å²) in [4.78, 5) is 3.66. The van der Waals surface area contributed by atoms with Gasteiger partial charge in [0.15, 0.2) is 0 Å². The molecule has 1 aromatic carbocycles. The zero-order chi connectivity index (χ0) is 12.3. The highest BCUT2D eigenvalue weighted by Gasteiger charge is 2.06. The number of nitrogen functional groups attached to an aromatic ring is 1. The monoisotopic (exact) mass is 310 g/mol. The zero-order valence-corrected chi connectivity index (χ0v) is 12.1. The molecule has 0 radical (unpaired) electrons. The van der Waals surface area contributed by atoms with E-state index >= 15 is 0 Å². The third-order valence-corrected chi connectivity index (χ3v) is 4.45. The lowest BCUT2D eigenvalue weighted by Crippen LogP contribution is -2.16. The molecule has 2 N–H and O–H groups in total. The summed E-state index contributed by atoms with van der Waals surface area (Å²) < 4.78 is 1.20. The van der Waals surface area contributed by atoms with Gasteiger partial charge in [0.1, 0.15) is 0 Å². The Kier molecular flexibility index (Phi) is 4.20. The number of hydrogen-bond acceptors (Lipinski definition) is 3. The summed E-state index contributed by atoms with van der Waals surface area (Å²) in [7, 11) is 2.13. The number of anilines is 1. The fourth-order valence-electron chi connectivity index (χ4n) is 1.67. The van der Waals surface area contributed by atoms with E-state index in [-0.39, 0.29) is 0 Å². The van der Waals surface area contributed by atoms with Gasteiger partial charge in [-0.1, -0.05) is 12.1 Å². The Bertz CT molecular complexity index is 478. The van der Waals surface area contributed by atoms with Gasteiger partial charge in [-0.2, -0.15) is 0 Å². The van der Waals surface area contributed by atoms with Crippen LogP contribution in [-0.4, -0.2) is 11.9 Å². The minimum Gasteiger partial charge on any atom is -0.399 e. The van der Waals surface area contributed by atoms with Crippen molar-refractivity contribution in [3.8, 4) is 0 Å². The Hall–Kier alpha value is -0.840. The number of thiophene rings is 1. The first-order valence-electron chi connectivity index (χ1n) is 5.40. The van der Waals surface area contributed by atoms with E-state index in [1.54, 1.807) is 11.3 Å². The molecule has 0 amide bonds. The van der Waals surface area contributed by atoms with Gasteiger partial charge in [0.25, 0.3) is 0 Å². The highest BCUT2D eigenvalue weighted by atomic mass is 79.9. The maximum Gasteiger partial charge on any atom is 0.0339 e. The SMILES string of the molecule is CN(Cc1ccc(N)cc1)Cc1sccc1Br. The van der Waals surface area contributed by atoms with Crippen molar-refractivity contribution in [2.45, 2.75) is 13.1 Å².